The van der Waals surface area contributed by atoms with Crippen LogP contribution in [0, 0.1) is 11.6 Å². The van der Waals surface area contributed by atoms with Crippen LogP contribution < -0.4 is 5.73 Å². The molecule has 0 radical (unpaired) electrons. The van der Waals surface area contributed by atoms with E-state index in [0.717, 1.165) is 19.2 Å². The van der Waals surface area contributed by atoms with Gasteiger partial charge in [0.05, 0.1) is 0 Å². The minimum absolute atomic E-state index is 0.324. The standard InChI is InChI=1S/C15H25F2N3/c1-5-20(11(2)9-19(3)4)10-15(18)12-6-7-13(16)14(17)8-12/h6-8,11,15H,5,9-10,18H2,1-4H3. The van der Waals surface area contributed by atoms with Gasteiger partial charge in [0.1, 0.15) is 0 Å². The Morgan fingerprint density at radius 3 is 2.30 bits per heavy atom. The van der Waals surface area contributed by atoms with Gasteiger partial charge in [-0.15, -0.1) is 0 Å². The van der Waals surface area contributed by atoms with E-state index in [1.807, 2.05) is 14.1 Å². The number of hydrogen-bond donors (Lipinski definition) is 1. The van der Waals surface area contributed by atoms with Crippen molar-refractivity contribution in [2.45, 2.75) is 25.9 Å². The Morgan fingerprint density at radius 2 is 1.80 bits per heavy atom. The molecule has 0 amide bonds. The Morgan fingerprint density at radius 1 is 1.15 bits per heavy atom. The molecular weight excluding hydrogens is 260 g/mol. The lowest BCUT2D eigenvalue weighted by Crippen LogP contribution is -2.43. The van der Waals surface area contributed by atoms with E-state index >= 15 is 0 Å². The third kappa shape index (κ3) is 4.81. The zero-order valence-electron chi connectivity index (χ0n) is 12.7. The Labute approximate surface area is 120 Å². The Balaban J connectivity index is 2.71. The molecule has 0 spiro atoms. The van der Waals surface area contributed by atoms with Gasteiger partial charge in [-0.2, -0.15) is 0 Å². The van der Waals surface area contributed by atoms with Crippen LogP contribution in [0.3, 0.4) is 0 Å². The van der Waals surface area contributed by atoms with Crippen molar-refractivity contribution >= 4 is 0 Å². The molecule has 20 heavy (non-hydrogen) atoms. The molecule has 0 aliphatic heterocycles. The quantitative estimate of drug-likeness (QED) is 0.834. The number of halogens is 2. The zero-order valence-corrected chi connectivity index (χ0v) is 12.7. The van der Waals surface area contributed by atoms with E-state index in [2.05, 4.69) is 23.6 Å². The fourth-order valence-corrected chi connectivity index (χ4v) is 2.37. The Bertz CT molecular complexity index is 424. The van der Waals surface area contributed by atoms with Crippen LogP contribution in [0.4, 0.5) is 8.78 Å². The largest absolute Gasteiger partial charge is 0.323 e. The van der Waals surface area contributed by atoms with Crippen molar-refractivity contribution in [1.29, 1.82) is 0 Å². The van der Waals surface area contributed by atoms with Gasteiger partial charge in [0.15, 0.2) is 11.6 Å². The predicted octanol–water partition coefficient (Wildman–Crippen LogP) is 2.24. The number of benzene rings is 1. The second-order valence-electron chi connectivity index (χ2n) is 5.48. The minimum atomic E-state index is -0.845. The third-order valence-corrected chi connectivity index (χ3v) is 3.46. The second-order valence-corrected chi connectivity index (χ2v) is 5.48. The second kappa shape index (κ2) is 7.67. The highest BCUT2D eigenvalue weighted by atomic mass is 19.2. The van der Waals surface area contributed by atoms with Gasteiger partial charge >= 0.3 is 0 Å². The molecule has 114 valence electrons. The molecule has 3 nitrogen and oxygen atoms in total. The van der Waals surface area contributed by atoms with E-state index in [4.69, 9.17) is 5.73 Å². The van der Waals surface area contributed by atoms with Gasteiger partial charge < -0.3 is 10.6 Å². The van der Waals surface area contributed by atoms with E-state index in [0.29, 0.717) is 18.2 Å². The van der Waals surface area contributed by atoms with E-state index in [-0.39, 0.29) is 6.04 Å². The SMILES string of the molecule is CCN(CC(N)c1ccc(F)c(F)c1)C(C)CN(C)C. The highest BCUT2D eigenvalue weighted by molar-refractivity contribution is 5.21. The van der Waals surface area contributed by atoms with Crippen LogP contribution >= 0.6 is 0 Å². The van der Waals surface area contributed by atoms with E-state index in [1.54, 1.807) is 6.07 Å². The van der Waals surface area contributed by atoms with E-state index in [1.165, 1.54) is 6.07 Å². The average molecular weight is 285 g/mol. The first-order valence-electron chi connectivity index (χ1n) is 6.94. The maximum Gasteiger partial charge on any atom is 0.159 e. The summed E-state index contributed by atoms with van der Waals surface area (Å²) in [4.78, 5) is 4.36. The summed E-state index contributed by atoms with van der Waals surface area (Å²) in [6, 6.07) is 3.89. The molecule has 0 saturated heterocycles. The molecule has 1 aromatic carbocycles. The molecule has 1 aromatic rings. The maximum atomic E-state index is 13.2. The fraction of sp³-hybridized carbons (Fsp3) is 0.600. The Kier molecular flexibility index (Phi) is 6.52. The normalized spacial score (nSPS) is 14.8. The van der Waals surface area contributed by atoms with Crippen LogP contribution in [0.5, 0.6) is 0 Å². The lowest BCUT2D eigenvalue weighted by Gasteiger charge is -2.32. The van der Waals surface area contributed by atoms with Crippen LogP contribution in [0.1, 0.15) is 25.5 Å². The summed E-state index contributed by atoms with van der Waals surface area (Å²) in [5.74, 6) is -1.68. The van der Waals surface area contributed by atoms with Crippen molar-refractivity contribution in [3.8, 4) is 0 Å². The predicted molar refractivity (Wildman–Crippen MR) is 78.5 cm³/mol. The molecule has 0 heterocycles. The van der Waals surface area contributed by atoms with Gasteiger partial charge in [0.2, 0.25) is 0 Å². The number of rotatable bonds is 7. The van der Waals surface area contributed by atoms with Crippen molar-refractivity contribution in [2.75, 3.05) is 33.7 Å². The third-order valence-electron chi connectivity index (χ3n) is 3.46. The summed E-state index contributed by atoms with van der Waals surface area (Å²) in [7, 11) is 4.05. The number of hydrogen-bond acceptors (Lipinski definition) is 3. The summed E-state index contributed by atoms with van der Waals surface area (Å²) in [6.07, 6.45) is 0. The van der Waals surface area contributed by atoms with E-state index in [9.17, 15) is 8.78 Å². The lowest BCUT2D eigenvalue weighted by atomic mass is 10.1. The van der Waals surface area contributed by atoms with Crippen LogP contribution in [-0.2, 0) is 0 Å². The molecule has 0 aromatic heterocycles. The average Bonchev–Trinajstić information content (AvgIpc) is 2.37. The highest BCUT2D eigenvalue weighted by Gasteiger charge is 2.18. The van der Waals surface area contributed by atoms with Crippen LogP contribution in [0.25, 0.3) is 0 Å². The van der Waals surface area contributed by atoms with E-state index < -0.39 is 11.6 Å². The van der Waals surface area contributed by atoms with Gasteiger partial charge in [-0.1, -0.05) is 13.0 Å². The fourth-order valence-electron chi connectivity index (χ4n) is 2.37. The molecule has 1 rings (SSSR count). The first kappa shape index (κ1) is 17.0. The van der Waals surface area contributed by atoms with Crippen molar-refractivity contribution in [3.05, 3.63) is 35.4 Å². The number of nitrogens with two attached hydrogens (primary N) is 1. The van der Waals surface area contributed by atoms with Crippen molar-refractivity contribution < 1.29 is 8.78 Å². The lowest BCUT2D eigenvalue weighted by molar-refractivity contribution is 0.172. The molecule has 2 atom stereocenters. The molecule has 5 heteroatoms. The summed E-state index contributed by atoms with van der Waals surface area (Å²) in [5.41, 5.74) is 6.74. The van der Waals surface area contributed by atoms with Crippen LogP contribution in [0.2, 0.25) is 0 Å². The summed E-state index contributed by atoms with van der Waals surface area (Å²) >= 11 is 0. The Hall–Kier alpha value is -1.04. The van der Waals surface area contributed by atoms with Crippen molar-refractivity contribution in [3.63, 3.8) is 0 Å². The van der Waals surface area contributed by atoms with Crippen LogP contribution in [0.15, 0.2) is 18.2 Å². The monoisotopic (exact) mass is 285 g/mol. The summed E-state index contributed by atoms with van der Waals surface area (Å²) in [5, 5.41) is 0. The van der Waals surface area contributed by atoms with Gasteiger partial charge in [0, 0.05) is 25.2 Å². The van der Waals surface area contributed by atoms with Crippen molar-refractivity contribution in [1.82, 2.24) is 9.80 Å². The first-order valence-corrected chi connectivity index (χ1v) is 6.94. The molecule has 0 aliphatic rings. The molecular formula is C15H25F2N3. The summed E-state index contributed by atoms with van der Waals surface area (Å²) in [6.45, 7) is 6.63. The molecule has 0 fully saturated rings. The summed E-state index contributed by atoms with van der Waals surface area (Å²) < 4.78 is 26.2. The number of likely N-dealkylation sites (N-methyl/N-ethyl adjacent to an activating group) is 2. The molecule has 0 aliphatic carbocycles. The molecule has 2 N–H and O–H groups in total. The molecule has 2 unspecified atom stereocenters. The van der Waals surface area contributed by atoms with Gasteiger partial charge in [0.25, 0.3) is 0 Å². The van der Waals surface area contributed by atoms with Crippen molar-refractivity contribution in [2.24, 2.45) is 5.73 Å². The first-order chi connectivity index (χ1) is 9.35. The molecule has 0 bridgehead atoms. The zero-order chi connectivity index (χ0) is 15.3. The highest BCUT2D eigenvalue weighted by Crippen LogP contribution is 2.16. The number of nitrogens with zero attached hydrogens (tertiary/aromatic N) is 2. The van der Waals surface area contributed by atoms with Crippen LogP contribution in [-0.4, -0.2) is 49.6 Å². The van der Waals surface area contributed by atoms with Gasteiger partial charge in [-0.3, -0.25) is 4.90 Å². The molecule has 0 saturated carbocycles. The smallest absolute Gasteiger partial charge is 0.159 e. The topological polar surface area (TPSA) is 32.5 Å². The maximum absolute atomic E-state index is 13.2. The van der Waals surface area contributed by atoms with Gasteiger partial charge in [-0.05, 0) is 45.3 Å². The van der Waals surface area contributed by atoms with Gasteiger partial charge in [-0.25, -0.2) is 8.78 Å². The minimum Gasteiger partial charge on any atom is -0.323 e.